The van der Waals surface area contributed by atoms with E-state index in [0.717, 1.165) is 24.0 Å². The van der Waals surface area contributed by atoms with Gasteiger partial charge in [0, 0.05) is 26.2 Å². The first-order chi connectivity index (χ1) is 12.7. The molecule has 1 aliphatic rings. The van der Waals surface area contributed by atoms with Gasteiger partial charge in [-0.05, 0) is 24.0 Å². The molecule has 5 heteroatoms. The second-order valence-electron chi connectivity index (χ2n) is 6.63. The van der Waals surface area contributed by atoms with Crippen LogP contribution in [0.5, 0.6) is 0 Å². The van der Waals surface area contributed by atoms with Gasteiger partial charge in [0.05, 0.1) is 5.92 Å². The molecule has 2 aromatic rings. The highest BCUT2D eigenvalue weighted by Gasteiger charge is 2.28. The maximum Gasteiger partial charge on any atom is 0.317 e. The Morgan fingerprint density at radius 3 is 2.08 bits per heavy atom. The van der Waals surface area contributed by atoms with Crippen molar-refractivity contribution in [3.8, 4) is 0 Å². The van der Waals surface area contributed by atoms with Crippen LogP contribution in [0.1, 0.15) is 24.0 Å². The molecule has 26 heavy (non-hydrogen) atoms. The van der Waals surface area contributed by atoms with Gasteiger partial charge in [0.15, 0.2) is 0 Å². The summed E-state index contributed by atoms with van der Waals surface area (Å²) >= 11 is 0. The first-order valence-electron chi connectivity index (χ1n) is 9.11. The van der Waals surface area contributed by atoms with Crippen molar-refractivity contribution < 1.29 is 9.59 Å². The SMILES string of the molecule is O=C(NCc1ccccc1)[C@H]1CCCN(C(=O)NCc2ccccc2)C1. The van der Waals surface area contributed by atoms with Crippen molar-refractivity contribution in [3.05, 3.63) is 71.8 Å². The molecule has 3 rings (SSSR count). The number of piperidine rings is 1. The van der Waals surface area contributed by atoms with Crippen molar-refractivity contribution in [1.29, 1.82) is 0 Å². The summed E-state index contributed by atoms with van der Waals surface area (Å²) in [7, 11) is 0. The molecule has 136 valence electrons. The summed E-state index contributed by atoms with van der Waals surface area (Å²) < 4.78 is 0. The Balaban J connectivity index is 1.47. The fourth-order valence-corrected chi connectivity index (χ4v) is 3.19. The second kappa shape index (κ2) is 9.04. The third-order valence-electron chi connectivity index (χ3n) is 4.68. The molecular weight excluding hydrogens is 326 g/mol. The van der Waals surface area contributed by atoms with Crippen LogP contribution in [0.25, 0.3) is 0 Å². The standard InChI is InChI=1S/C21H25N3O2/c25-20(22-14-17-8-3-1-4-9-17)19-12-7-13-24(16-19)21(26)23-15-18-10-5-2-6-11-18/h1-6,8-11,19H,7,12-16H2,(H,22,25)(H,23,26)/t19-/m0/s1. The average Bonchev–Trinajstić information content (AvgIpc) is 2.72. The van der Waals surface area contributed by atoms with E-state index in [1.807, 2.05) is 60.7 Å². The number of carbonyl (C=O) groups is 2. The molecule has 0 aromatic heterocycles. The van der Waals surface area contributed by atoms with Crippen LogP contribution in [-0.4, -0.2) is 29.9 Å². The van der Waals surface area contributed by atoms with E-state index in [1.165, 1.54) is 0 Å². The molecular formula is C21H25N3O2. The molecule has 0 saturated carbocycles. The van der Waals surface area contributed by atoms with Crippen LogP contribution in [0.2, 0.25) is 0 Å². The fraction of sp³-hybridized carbons (Fsp3) is 0.333. The molecule has 0 radical (unpaired) electrons. The van der Waals surface area contributed by atoms with E-state index in [4.69, 9.17) is 0 Å². The van der Waals surface area contributed by atoms with E-state index in [-0.39, 0.29) is 17.9 Å². The third-order valence-corrected chi connectivity index (χ3v) is 4.68. The van der Waals surface area contributed by atoms with E-state index >= 15 is 0 Å². The van der Waals surface area contributed by atoms with Crippen LogP contribution in [0, 0.1) is 5.92 Å². The summed E-state index contributed by atoms with van der Waals surface area (Å²) in [5, 5.41) is 5.93. The molecule has 1 saturated heterocycles. The number of likely N-dealkylation sites (tertiary alicyclic amines) is 1. The van der Waals surface area contributed by atoms with Gasteiger partial charge in [-0.2, -0.15) is 0 Å². The van der Waals surface area contributed by atoms with Gasteiger partial charge in [-0.15, -0.1) is 0 Å². The maximum absolute atomic E-state index is 12.4. The zero-order valence-corrected chi connectivity index (χ0v) is 14.9. The number of urea groups is 1. The number of carbonyl (C=O) groups excluding carboxylic acids is 2. The summed E-state index contributed by atoms with van der Waals surface area (Å²) in [6.45, 7) is 2.20. The summed E-state index contributed by atoms with van der Waals surface area (Å²) in [6.07, 6.45) is 1.67. The lowest BCUT2D eigenvalue weighted by atomic mass is 9.97. The highest BCUT2D eigenvalue weighted by atomic mass is 16.2. The van der Waals surface area contributed by atoms with E-state index in [2.05, 4.69) is 10.6 Å². The molecule has 3 amide bonds. The average molecular weight is 351 g/mol. The van der Waals surface area contributed by atoms with Crippen LogP contribution >= 0.6 is 0 Å². The zero-order chi connectivity index (χ0) is 18.2. The number of benzene rings is 2. The lowest BCUT2D eigenvalue weighted by molar-refractivity contribution is -0.126. The van der Waals surface area contributed by atoms with Gasteiger partial charge < -0.3 is 15.5 Å². The Hall–Kier alpha value is -2.82. The molecule has 0 bridgehead atoms. The highest BCUT2D eigenvalue weighted by Crippen LogP contribution is 2.17. The molecule has 2 aromatic carbocycles. The lowest BCUT2D eigenvalue weighted by Gasteiger charge is -2.32. The van der Waals surface area contributed by atoms with Gasteiger partial charge in [-0.1, -0.05) is 60.7 Å². The van der Waals surface area contributed by atoms with Gasteiger partial charge >= 0.3 is 6.03 Å². The Kier molecular flexibility index (Phi) is 6.25. The number of hydrogen-bond donors (Lipinski definition) is 2. The first-order valence-corrected chi connectivity index (χ1v) is 9.11. The highest BCUT2D eigenvalue weighted by molar-refractivity contribution is 5.80. The first kappa shape index (κ1) is 18.0. The van der Waals surface area contributed by atoms with Gasteiger partial charge in [-0.25, -0.2) is 4.79 Å². The Bertz CT molecular complexity index is 657. The normalized spacial score (nSPS) is 16.8. The van der Waals surface area contributed by atoms with Crippen molar-refractivity contribution in [2.75, 3.05) is 13.1 Å². The van der Waals surface area contributed by atoms with Gasteiger partial charge in [-0.3, -0.25) is 4.79 Å². The minimum atomic E-state index is -0.144. The van der Waals surface area contributed by atoms with Crippen molar-refractivity contribution in [3.63, 3.8) is 0 Å². The van der Waals surface area contributed by atoms with Crippen LogP contribution < -0.4 is 10.6 Å². The minimum Gasteiger partial charge on any atom is -0.352 e. The van der Waals surface area contributed by atoms with E-state index < -0.39 is 0 Å². The molecule has 1 heterocycles. The van der Waals surface area contributed by atoms with Gasteiger partial charge in [0.25, 0.3) is 0 Å². The van der Waals surface area contributed by atoms with Crippen molar-refractivity contribution in [1.82, 2.24) is 15.5 Å². The molecule has 1 atom stereocenters. The van der Waals surface area contributed by atoms with E-state index in [1.54, 1.807) is 4.90 Å². The van der Waals surface area contributed by atoms with Gasteiger partial charge in [0.2, 0.25) is 5.91 Å². The minimum absolute atomic E-state index is 0.0226. The van der Waals surface area contributed by atoms with Gasteiger partial charge in [0.1, 0.15) is 0 Å². The summed E-state index contributed by atoms with van der Waals surface area (Å²) in [4.78, 5) is 26.6. The zero-order valence-electron chi connectivity index (χ0n) is 14.9. The third kappa shape index (κ3) is 5.09. The number of hydrogen-bond acceptors (Lipinski definition) is 2. The summed E-state index contributed by atoms with van der Waals surface area (Å²) in [5.74, 6) is -0.121. The number of nitrogens with zero attached hydrogens (tertiary/aromatic N) is 1. The van der Waals surface area contributed by atoms with Crippen molar-refractivity contribution >= 4 is 11.9 Å². The Morgan fingerprint density at radius 1 is 0.885 bits per heavy atom. The van der Waals surface area contributed by atoms with Crippen LogP contribution in [-0.2, 0) is 17.9 Å². The predicted octanol–water partition coefficient (Wildman–Crippen LogP) is 2.92. The molecule has 1 aliphatic heterocycles. The second-order valence-corrected chi connectivity index (χ2v) is 6.63. The largest absolute Gasteiger partial charge is 0.352 e. The fourth-order valence-electron chi connectivity index (χ4n) is 3.19. The molecule has 0 spiro atoms. The summed E-state index contributed by atoms with van der Waals surface area (Å²) in [6, 6.07) is 19.6. The van der Waals surface area contributed by atoms with Crippen LogP contribution in [0.3, 0.4) is 0 Å². The smallest absolute Gasteiger partial charge is 0.317 e. The lowest BCUT2D eigenvalue weighted by Crippen LogP contribution is -2.48. The number of rotatable bonds is 5. The molecule has 0 aliphatic carbocycles. The molecule has 0 unspecified atom stereocenters. The molecule has 5 nitrogen and oxygen atoms in total. The number of amides is 3. The van der Waals surface area contributed by atoms with Crippen molar-refractivity contribution in [2.45, 2.75) is 25.9 Å². The number of nitrogens with one attached hydrogen (secondary N) is 2. The van der Waals surface area contributed by atoms with E-state index in [9.17, 15) is 9.59 Å². The monoisotopic (exact) mass is 351 g/mol. The van der Waals surface area contributed by atoms with Crippen LogP contribution in [0.15, 0.2) is 60.7 Å². The molecule has 2 N–H and O–H groups in total. The maximum atomic E-state index is 12.4. The van der Waals surface area contributed by atoms with Crippen LogP contribution in [0.4, 0.5) is 4.79 Å². The van der Waals surface area contributed by atoms with E-state index in [0.29, 0.717) is 26.2 Å². The topological polar surface area (TPSA) is 61.4 Å². The quantitative estimate of drug-likeness (QED) is 0.870. The molecule has 1 fully saturated rings. The Labute approximate surface area is 154 Å². The summed E-state index contributed by atoms with van der Waals surface area (Å²) in [5.41, 5.74) is 2.14. The Morgan fingerprint density at radius 2 is 1.46 bits per heavy atom. The van der Waals surface area contributed by atoms with Crippen molar-refractivity contribution in [2.24, 2.45) is 5.92 Å². The predicted molar refractivity (Wildman–Crippen MR) is 101 cm³/mol.